The van der Waals surface area contributed by atoms with E-state index in [0.29, 0.717) is 11.0 Å². The Morgan fingerprint density at radius 2 is 2.29 bits per heavy atom. The maximum Gasteiger partial charge on any atom is 0.410 e. The lowest BCUT2D eigenvalue weighted by Crippen LogP contribution is -2.55. The van der Waals surface area contributed by atoms with Crippen molar-refractivity contribution in [3.63, 3.8) is 0 Å². The van der Waals surface area contributed by atoms with Crippen LogP contribution >= 0.6 is 15.9 Å². The monoisotopic (exact) mass is 360 g/mol. The van der Waals surface area contributed by atoms with Crippen molar-refractivity contribution in [2.45, 2.75) is 38.8 Å². The van der Waals surface area contributed by atoms with E-state index in [0.717, 1.165) is 6.42 Å². The molecule has 0 saturated carbocycles. The van der Waals surface area contributed by atoms with Crippen LogP contribution in [0.3, 0.4) is 0 Å². The second-order valence-electron chi connectivity index (χ2n) is 5.87. The number of rotatable bonds is 3. The number of carbonyl (C=O) groups excluding carboxylic acids is 1. The summed E-state index contributed by atoms with van der Waals surface area (Å²) in [5, 5.41) is 0. The van der Waals surface area contributed by atoms with Gasteiger partial charge in [-0.2, -0.15) is 4.39 Å². The SMILES string of the molecule is CC(C)(C)OC(=O)N1CC[C@H]1COc1cc(Br)cnc1F. The number of ether oxygens (including phenoxy) is 2. The number of aromatic nitrogens is 1. The van der Waals surface area contributed by atoms with Crippen LogP contribution in [0.4, 0.5) is 9.18 Å². The van der Waals surface area contributed by atoms with Gasteiger partial charge in [0, 0.05) is 23.3 Å². The molecule has 1 aromatic heterocycles. The van der Waals surface area contributed by atoms with Gasteiger partial charge >= 0.3 is 6.09 Å². The Bertz CT molecular complexity index is 533. The molecule has 116 valence electrons. The van der Waals surface area contributed by atoms with Crippen LogP contribution < -0.4 is 4.74 Å². The maximum absolute atomic E-state index is 13.5. The fourth-order valence-electron chi connectivity index (χ4n) is 1.87. The number of likely N-dealkylation sites (tertiary alicyclic amines) is 1. The topological polar surface area (TPSA) is 51.7 Å². The number of hydrogen-bond acceptors (Lipinski definition) is 4. The van der Waals surface area contributed by atoms with Crippen molar-refractivity contribution in [2.75, 3.05) is 13.2 Å². The van der Waals surface area contributed by atoms with E-state index in [1.807, 2.05) is 20.8 Å². The molecule has 0 aliphatic carbocycles. The van der Waals surface area contributed by atoms with E-state index in [9.17, 15) is 9.18 Å². The highest BCUT2D eigenvalue weighted by Gasteiger charge is 2.35. The number of pyridine rings is 1. The summed E-state index contributed by atoms with van der Waals surface area (Å²) in [7, 11) is 0. The third kappa shape index (κ3) is 4.30. The minimum atomic E-state index is -0.665. The molecule has 0 bridgehead atoms. The van der Waals surface area contributed by atoms with E-state index in [4.69, 9.17) is 9.47 Å². The summed E-state index contributed by atoms with van der Waals surface area (Å²) in [5.74, 6) is -0.596. The van der Waals surface area contributed by atoms with Crippen LogP contribution in [-0.4, -0.2) is 40.8 Å². The molecule has 1 aliphatic heterocycles. The van der Waals surface area contributed by atoms with Crippen molar-refractivity contribution < 1.29 is 18.7 Å². The minimum Gasteiger partial charge on any atom is -0.487 e. The van der Waals surface area contributed by atoms with Crippen molar-refractivity contribution >= 4 is 22.0 Å². The van der Waals surface area contributed by atoms with E-state index in [2.05, 4.69) is 20.9 Å². The van der Waals surface area contributed by atoms with Gasteiger partial charge in [-0.1, -0.05) is 0 Å². The van der Waals surface area contributed by atoms with Crippen molar-refractivity contribution in [1.82, 2.24) is 9.88 Å². The Morgan fingerprint density at radius 3 is 2.86 bits per heavy atom. The second-order valence-corrected chi connectivity index (χ2v) is 6.79. The first-order chi connectivity index (χ1) is 9.76. The summed E-state index contributed by atoms with van der Waals surface area (Å²) in [6.45, 7) is 6.30. The van der Waals surface area contributed by atoms with Gasteiger partial charge in [-0.15, -0.1) is 0 Å². The van der Waals surface area contributed by atoms with E-state index in [1.54, 1.807) is 4.90 Å². The van der Waals surface area contributed by atoms with Crippen LogP contribution in [0.25, 0.3) is 0 Å². The van der Waals surface area contributed by atoms with Crippen LogP contribution in [-0.2, 0) is 4.74 Å². The van der Waals surface area contributed by atoms with Gasteiger partial charge in [0.2, 0.25) is 0 Å². The first kappa shape index (κ1) is 16.0. The lowest BCUT2D eigenvalue weighted by atomic mass is 10.1. The molecule has 1 saturated heterocycles. The van der Waals surface area contributed by atoms with Crippen LogP contribution in [0.2, 0.25) is 0 Å². The molecule has 7 heteroatoms. The standard InChI is InChI=1S/C14H18BrFN2O3/c1-14(2,3)21-13(19)18-5-4-10(18)8-20-11-6-9(15)7-17-12(11)16/h6-7,10H,4-5,8H2,1-3H3/t10-/m0/s1. The predicted molar refractivity (Wildman–Crippen MR) is 78.7 cm³/mol. The average Bonchev–Trinajstić information content (AvgIpc) is 2.29. The molecule has 1 aliphatic rings. The number of hydrogen-bond donors (Lipinski definition) is 0. The van der Waals surface area contributed by atoms with Crippen LogP contribution in [0.15, 0.2) is 16.7 Å². The Labute approximate surface area is 131 Å². The number of nitrogens with zero attached hydrogens (tertiary/aromatic N) is 2. The molecule has 21 heavy (non-hydrogen) atoms. The zero-order valence-electron chi connectivity index (χ0n) is 12.2. The van der Waals surface area contributed by atoms with Crippen LogP contribution in [0.5, 0.6) is 5.75 Å². The number of carbonyl (C=O) groups is 1. The molecule has 0 aromatic carbocycles. The fourth-order valence-corrected chi connectivity index (χ4v) is 2.18. The molecule has 0 unspecified atom stereocenters. The van der Waals surface area contributed by atoms with Crippen molar-refractivity contribution in [3.8, 4) is 5.75 Å². The van der Waals surface area contributed by atoms with Crippen LogP contribution in [0, 0.1) is 5.95 Å². The largest absolute Gasteiger partial charge is 0.487 e. The molecule has 1 amide bonds. The molecular weight excluding hydrogens is 343 g/mol. The highest BCUT2D eigenvalue weighted by molar-refractivity contribution is 9.10. The second kappa shape index (κ2) is 6.17. The molecule has 2 heterocycles. The van der Waals surface area contributed by atoms with E-state index < -0.39 is 11.5 Å². The van der Waals surface area contributed by atoms with Gasteiger partial charge in [0.05, 0.1) is 6.04 Å². The Balaban J connectivity index is 1.89. The lowest BCUT2D eigenvalue weighted by molar-refractivity contribution is -0.0144. The average molecular weight is 361 g/mol. The molecule has 0 N–H and O–H groups in total. The summed E-state index contributed by atoms with van der Waals surface area (Å²) in [5.41, 5.74) is -0.529. The Hall–Kier alpha value is -1.37. The fraction of sp³-hybridized carbons (Fsp3) is 0.571. The van der Waals surface area contributed by atoms with Gasteiger partial charge in [0.1, 0.15) is 12.2 Å². The third-order valence-corrected chi connectivity index (χ3v) is 3.41. The first-order valence-electron chi connectivity index (χ1n) is 6.70. The van der Waals surface area contributed by atoms with Crippen molar-refractivity contribution in [3.05, 3.63) is 22.7 Å². The molecule has 2 rings (SSSR count). The summed E-state index contributed by atoms with van der Waals surface area (Å²) in [6.07, 6.45) is 1.80. The van der Waals surface area contributed by atoms with Gasteiger partial charge in [-0.25, -0.2) is 9.78 Å². The number of halogens is 2. The molecule has 1 fully saturated rings. The smallest absolute Gasteiger partial charge is 0.410 e. The van der Waals surface area contributed by atoms with Crippen LogP contribution in [0.1, 0.15) is 27.2 Å². The quantitative estimate of drug-likeness (QED) is 0.775. The summed E-state index contributed by atoms with van der Waals surface area (Å²) >= 11 is 3.21. The first-order valence-corrected chi connectivity index (χ1v) is 7.49. The van der Waals surface area contributed by atoms with Gasteiger partial charge in [-0.05, 0) is 43.1 Å². The predicted octanol–water partition coefficient (Wildman–Crippen LogP) is 3.37. The summed E-state index contributed by atoms with van der Waals surface area (Å²) in [4.78, 5) is 17.1. The Kier molecular flexibility index (Phi) is 4.70. The summed E-state index contributed by atoms with van der Waals surface area (Å²) < 4.78 is 24.8. The van der Waals surface area contributed by atoms with Crippen molar-refractivity contribution in [1.29, 1.82) is 0 Å². The molecule has 1 atom stereocenters. The van der Waals surface area contributed by atoms with E-state index >= 15 is 0 Å². The van der Waals surface area contributed by atoms with E-state index in [1.165, 1.54) is 12.3 Å². The highest BCUT2D eigenvalue weighted by Crippen LogP contribution is 2.24. The minimum absolute atomic E-state index is 0.0698. The normalized spacial score (nSPS) is 18.1. The zero-order valence-corrected chi connectivity index (χ0v) is 13.8. The van der Waals surface area contributed by atoms with Gasteiger partial charge < -0.3 is 14.4 Å². The molecule has 5 nitrogen and oxygen atoms in total. The maximum atomic E-state index is 13.5. The van der Waals surface area contributed by atoms with E-state index in [-0.39, 0.29) is 24.5 Å². The molecule has 1 aromatic rings. The molecule has 0 radical (unpaired) electrons. The summed E-state index contributed by atoms with van der Waals surface area (Å²) in [6, 6.07) is 1.41. The third-order valence-electron chi connectivity index (χ3n) is 2.98. The number of amides is 1. The molecular formula is C14H18BrFN2O3. The zero-order chi connectivity index (χ0) is 15.6. The van der Waals surface area contributed by atoms with Gasteiger partial charge in [-0.3, -0.25) is 0 Å². The lowest BCUT2D eigenvalue weighted by Gasteiger charge is -2.40. The van der Waals surface area contributed by atoms with Crippen molar-refractivity contribution in [2.24, 2.45) is 0 Å². The van der Waals surface area contributed by atoms with Gasteiger partial charge in [0.25, 0.3) is 5.95 Å². The van der Waals surface area contributed by atoms with Gasteiger partial charge in [0.15, 0.2) is 5.75 Å². The Morgan fingerprint density at radius 1 is 1.57 bits per heavy atom. The highest BCUT2D eigenvalue weighted by atomic mass is 79.9. The molecule has 0 spiro atoms.